The van der Waals surface area contributed by atoms with Crippen LogP contribution in [-0.4, -0.2) is 12.6 Å². The van der Waals surface area contributed by atoms with Gasteiger partial charge in [0.2, 0.25) is 0 Å². The number of hydrogen-bond donors (Lipinski definition) is 0. The molecule has 1 rings (SSSR count). The molecule has 0 amide bonds. The average molecular weight is 170 g/mol. The first-order valence-electron chi connectivity index (χ1n) is 4.66. The zero-order chi connectivity index (χ0) is 9.19. The molecule has 1 aliphatic heterocycles. The summed E-state index contributed by atoms with van der Waals surface area (Å²) in [4.78, 5) is 11.1. The molecule has 0 saturated carbocycles. The lowest BCUT2D eigenvalue weighted by Crippen LogP contribution is -2.22. The van der Waals surface area contributed by atoms with Crippen molar-refractivity contribution in [3.05, 3.63) is 0 Å². The number of ether oxygens (including phenoxy) is 1. The Morgan fingerprint density at radius 2 is 2.08 bits per heavy atom. The Morgan fingerprint density at radius 1 is 1.42 bits per heavy atom. The summed E-state index contributed by atoms with van der Waals surface area (Å²) in [7, 11) is 0. The summed E-state index contributed by atoms with van der Waals surface area (Å²) in [6.07, 6.45) is 2.74. The standard InChI is InChI=1S/C10H18O2/c1-10(2,3)8-5-4-6-12-9(11)7-8/h8H,4-7H2,1-3H3. The van der Waals surface area contributed by atoms with Gasteiger partial charge in [-0.15, -0.1) is 0 Å². The van der Waals surface area contributed by atoms with Crippen LogP contribution in [0.3, 0.4) is 0 Å². The fourth-order valence-electron chi connectivity index (χ4n) is 1.62. The van der Waals surface area contributed by atoms with Crippen molar-refractivity contribution < 1.29 is 9.53 Å². The molecule has 70 valence electrons. The van der Waals surface area contributed by atoms with Gasteiger partial charge in [-0.3, -0.25) is 4.79 Å². The Labute approximate surface area is 74.3 Å². The molecule has 0 spiro atoms. The van der Waals surface area contributed by atoms with E-state index in [0.29, 0.717) is 18.9 Å². The summed E-state index contributed by atoms with van der Waals surface area (Å²) in [5.74, 6) is 0.472. The van der Waals surface area contributed by atoms with E-state index in [1.165, 1.54) is 0 Å². The van der Waals surface area contributed by atoms with Crippen molar-refractivity contribution in [1.29, 1.82) is 0 Å². The third kappa shape index (κ3) is 2.50. The van der Waals surface area contributed by atoms with Crippen LogP contribution in [0.2, 0.25) is 0 Å². The molecule has 2 nitrogen and oxygen atoms in total. The Balaban J connectivity index is 2.58. The molecule has 0 N–H and O–H groups in total. The van der Waals surface area contributed by atoms with Crippen molar-refractivity contribution >= 4 is 5.97 Å². The van der Waals surface area contributed by atoms with E-state index >= 15 is 0 Å². The Morgan fingerprint density at radius 3 is 2.67 bits per heavy atom. The van der Waals surface area contributed by atoms with Gasteiger partial charge >= 0.3 is 5.97 Å². The lowest BCUT2D eigenvalue weighted by molar-refractivity contribution is -0.143. The van der Waals surface area contributed by atoms with Crippen molar-refractivity contribution in [1.82, 2.24) is 0 Å². The molecule has 2 heteroatoms. The highest BCUT2D eigenvalue weighted by molar-refractivity contribution is 5.70. The van der Waals surface area contributed by atoms with E-state index in [0.717, 1.165) is 12.8 Å². The minimum absolute atomic E-state index is 0.0209. The molecule has 1 atom stereocenters. The SMILES string of the molecule is CC(C)(C)C1CCCOC(=O)C1. The minimum Gasteiger partial charge on any atom is -0.466 e. The van der Waals surface area contributed by atoms with Gasteiger partial charge in [0, 0.05) is 6.42 Å². The molecule has 12 heavy (non-hydrogen) atoms. The van der Waals surface area contributed by atoms with E-state index in [9.17, 15) is 4.79 Å². The third-order valence-electron chi connectivity index (χ3n) is 2.60. The van der Waals surface area contributed by atoms with Crippen molar-refractivity contribution in [2.45, 2.75) is 40.0 Å². The van der Waals surface area contributed by atoms with E-state index in [-0.39, 0.29) is 11.4 Å². The molecule has 1 heterocycles. The maximum atomic E-state index is 11.1. The fraction of sp³-hybridized carbons (Fsp3) is 0.900. The monoisotopic (exact) mass is 170 g/mol. The molecule has 0 radical (unpaired) electrons. The second-order valence-corrected chi connectivity index (χ2v) is 4.63. The molecular formula is C10H18O2. The van der Waals surface area contributed by atoms with Gasteiger partial charge in [0.1, 0.15) is 0 Å². The first-order valence-corrected chi connectivity index (χ1v) is 4.66. The summed E-state index contributed by atoms with van der Waals surface area (Å²) < 4.78 is 4.99. The normalized spacial score (nSPS) is 26.2. The minimum atomic E-state index is -0.0209. The molecule has 0 aromatic rings. The third-order valence-corrected chi connectivity index (χ3v) is 2.60. The second-order valence-electron chi connectivity index (χ2n) is 4.63. The topological polar surface area (TPSA) is 26.3 Å². The van der Waals surface area contributed by atoms with Crippen LogP contribution in [0.4, 0.5) is 0 Å². The summed E-state index contributed by atoms with van der Waals surface area (Å²) in [6, 6.07) is 0. The van der Waals surface area contributed by atoms with E-state index in [1.54, 1.807) is 0 Å². The smallest absolute Gasteiger partial charge is 0.306 e. The Kier molecular flexibility index (Phi) is 2.76. The van der Waals surface area contributed by atoms with Crippen LogP contribution in [0, 0.1) is 11.3 Å². The first-order chi connectivity index (χ1) is 5.50. The maximum absolute atomic E-state index is 11.1. The van der Waals surface area contributed by atoms with Gasteiger partial charge in [0.15, 0.2) is 0 Å². The largest absolute Gasteiger partial charge is 0.466 e. The average Bonchev–Trinajstić information content (AvgIpc) is 2.11. The van der Waals surface area contributed by atoms with Crippen LogP contribution >= 0.6 is 0 Å². The predicted octanol–water partition coefficient (Wildman–Crippen LogP) is 2.38. The van der Waals surface area contributed by atoms with Crippen LogP contribution < -0.4 is 0 Å². The predicted molar refractivity (Wildman–Crippen MR) is 47.8 cm³/mol. The van der Waals surface area contributed by atoms with Crippen LogP contribution in [0.15, 0.2) is 0 Å². The van der Waals surface area contributed by atoms with E-state index < -0.39 is 0 Å². The number of esters is 1. The van der Waals surface area contributed by atoms with Crippen LogP contribution in [0.1, 0.15) is 40.0 Å². The number of hydrogen-bond acceptors (Lipinski definition) is 2. The Hall–Kier alpha value is -0.530. The van der Waals surface area contributed by atoms with Crippen molar-refractivity contribution in [3.63, 3.8) is 0 Å². The molecule has 1 aliphatic rings. The molecule has 0 aliphatic carbocycles. The van der Waals surface area contributed by atoms with Gasteiger partial charge in [0.25, 0.3) is 0 Å². The second kappa shape index (κ2) is 3.46. The molecular weight excluding hydrogens is 152 g/mol. The Bertz CT molecular complexity index is 167. The number of carbonyl (C=O) groups excluding carboxylic acids is 1. The molecule has 0 aromatic heterocycles. The van der Waals surface area contributed by atoms with Gasteiger partial charge in [-0.25, -0.2) is 0 Å². The van der Waals surface area contributed by atoms with Crippen LogP contribution in [0.25, 0.3) is 0 Å². The number of carbonyl (C=O) groups is 1. The summed E-state index contributed by atoms with van der Waals surface area (Å²) in [6.45, 7) is 7.19. The van der Waals surface area contributed by atoms with Gasteiger partial charge in [-0.2, -0.15) is 0 Å². The van der Waals surface area contributed by atoms with Crippen molar-refractivity contribution in [3.8, 4) is 0 Å². The highest BCUT2D eigenvalue weighted by Gasteiger charge is 2.28. The molecule has 1 fully saturated rings. The highest BCUT2D eigenvalue weighted by Crippen LogP contribution is 2.33. The molecule has 1 saturated heterocycles. The van der Waals surface area contributed by atoms with Crippen molar-refractivity contribution in [2.75, 3.05) is 6.61 Å². The van der Waals surface area contributed by atoms with E-state index in [1.807, 2.05) is 0 Å². The maximum Gasteiger partial charge on any atom is 0.306 e. The molecule has 1 unspecified atom stereocenters. The summed E-state index contributed by atoms with van der Waals surface area (Å²) >= 11 is 0. The fourth-order valence-corrected chi connectivity index (χ4v) is 1.62. The van der Waals surface area contributed by atoms with E-state index in [2.05, 4.69) is 20.8 Å². The van der Waals surface area contributed by atoms with Gasteiger partial charge < -0.3 is 4.74 Å². The quantitative estimate of drug-likeness (QED) is 0.522. The zero-order valence-electron chi connectivity index (χ0n) is 8.22. The van der Waals surface area contributed by atoms with Gasteiger partial charge in [0.05, 0.1) is 6.61 Å². The number of rotatable bonds is 0. The summed E-state index contributed by atoms with van der Waals surface area (Å²) in [5, 5.41) is 0. The number of cyclic esters (lactones) is 1. The van der Waals surface area contributed by atoms with E-state index in [4.69, 9.17) is 4.74 Å². The molecule has 0 aromatic carbocycles. The van der Waals surface area contributed by atoms with Crippen molar-refractivity contribution in [2.24, 2.45) is 11.3 Å². The first kappa shape index (κ1) is 9.56. The zero-order valence-corrected chi connectivity index (χ0v) is 8.22. The van der Waals surface area contributed by atoms with Gasteiger partial charge in [-0.1, -0.05) is 20.8 Å². The van der Waals surface area contributed by atoms with Gasteiger partial charge in [-0.05, 0) is 24.2 Å². The summed E-state index contributed by atoms with van der Waals surface area (Å²) in [5.41, 5.74) is 0.239. The van der Waals surface area contributed by atoms with Crippen LogP contribution in [0.5, 0.6) is 0 Å². The van der Waals surface area contributed by atoms with Crippen LogP contribution in [-0.2, 0) is 9.53 Å². The lowest BCUT2D eigenvalue weighted by atomic mass is 9.76. The highest BCUT2D eigenvalue weighted by atomic mass is 16.5. The molecule has 0 bridgehead atoms. The lowest BCUT2D eigenvalue weighted by Gasteiger charge is -2.28.